The minimum Gasteiger partial charge on any atom is -0.488 e. The van der Waals surface area contributed by atoms with Crippen molar-refractivity contribution in [2.75, 3.05) is 0 Å². The highest BCUT2D eigenvalue weighted by Crippen LogP contribution is 2.41. The number of Topliss-reactive ketones (excluding diaryl/α,β-unsaturated/α-hetero) is 1. The van der Waals surface area contributed by atoms with Crippen molar-refractivity contribution in [2.45, 2.75) is 11.5 Å². The van der Waals surface area contributed by atoms with Gasteiger partial charge >= 0.3 is 0 Å². The second kappa shape index (κ2) is 7.81. The van der Waals surface area contributed by atoms with Gasteiger partial charge in [0.1, 0.15) is 12.4 Å². The van der Waals surface area contributed by atoms with Gasteiger partial charge in [-0.05, 0) is 54.1 Å². The Morgan fingerprint density at radius 2 is 1.67 bits per heavy atom. The number of fused-ring (bicyclic) bond motifs is 1. The summed E-state index contributed by atoms with van der Waals surface area (Å²) in [7, 11) is 0. The molecule has 134 valence electrons. The lowest BCUT2D eigenvalue weighted by Crippen LogP contribution is -1.98. The maximum Gasteiger partial charge on any atom is 0.200 e. The van der Waals surface area contributed by atoms with E-state index in [1.165, 1.54) is 11.8 Å². The topological polar surface area (TPSA) is 26.3 Å². The van der Waals surface area contributed by atoms with Crippen LogP contribution in [-0.2, 0) is 6.61 Å². The molecule has 0 bridgehead atoms. The zero-order chi connectivity index (χ0) is 18.8. The molecule has 2 nitrogen and oxygen atoms in total. The Balaban J connectivity index is 1.60. The summed E-state index contributed by atoms with van der Waals surface area (Å²) in [6, 6.07) is 20.5. The van der Waals surface area contributed by atoms with Gasteiger partial charge < -0.3 is 4.74 Å². The molecule has 0 N–H and O–H groups in total. The normalized spacial score (nSPS) is 14.4. The van der Waals surface area contributed by atoms with E-state index in [9.17, 15) is 4.79 Å². The van der Waals surface area contributed by atoms with Gasteiger partial charge in [0.15, 0.2) is 0 Å². The third-order valence-electron chi connectivity index (χ3n) is 4.14. The monoisotopic (exact) mass is 412 g/mol. The molecule has 1 heterocycles. The summed E-state index contributed by atoms with van der Waals surface area (Å²) in [5.41, 5.74) is 2.52. The summed E-state index contributed by atoms with van der Waals surface area (Å²) in [6.07, 6.45) is 1.84. The molecule has 3 aromatic carbocycles. The number of halogens is 2. The fourth-order valence-corrected chi connectivity index (χ4v) is 4.13. The first-order valence-electron chi connectivity index (χ1n) is 8.30. The Morgan fingerprint density at radius 3 is 2.44 bits per heavy atom. The number of carbonyl (C=O) groups excluding carboxylic acids is 1. The summed E-state index contributed by atoms with van der Waals surface area (Å²) in [6.45, 7) is 0.399. The molecule has 0 saturated heterocycles. The van der Waals surface area contributed by atoms with Gasteiger partial charge in [-0.2, -0.15) is 0 Å². The standard InChI is InChI=1S/C22H14Cl2O2S/c23-16-7-5-14(6-8-16)13-26-19-10-9-17(24)11-15(19)12-21-22(25)18-3-1-2-4-20(18)27-21/h1-12H,13H2/b21-12-. The summed E-state index contributed by atoms with van der Waals surface area (Å²) in [5.74, 6) is 0.699. The molecular formula is C22H14Cl2O2S. The van der Waals surface area contributed by atoms with E-state index in [0.29, 0.717) is 27.3 Å². The first kappa shape index (κ1) is 18.2. The number of benzene rings is 3. The predicted molar refractivity (Wildman–Crippen MR) is 112 cm³/mol. The maximum absolute atomic E-state index is 12.6. The van der Waals surface area contributed by atoms with Gasteiger partial charge in [0, 0.05) is 26.1 Å². The first-order valence-corrected chi connectivity index (χ1v) is 9.87. The number of thioether (sulfide) groups is 1. The van der Waals surface area contributed by atoms with Crippen molar-refractivity contribution in [1.82, 2.24) is 0 Å². The highest BCUT2D eigenvalue weighted by Gasteiger charge is 2.25. The van der Waals surface area contributed by atoms with Crippen molar-refractivity contribution in [3.63, 3.8) is 0 Å². The Morgan fingerprint density at radius 1 is 0.926 bits per heavy atom. The molecular weight excluding hydrogens is 399 g/mol. The number of carbonyl (C=O) groups is 1. The molecule has 27 heavy (non-hydrogen) atoms. The fourth-order valence-electron chi connectivity index (χ4n) is 2.78. The lowest BCUT2D eigenvalue weighted by atomic mass is 10.1. The number of ketones is 1. The molecule has 0 aliphatic carbocycles. The van der Waals surface area contributed by atoms with Crippen LogP contribution < -0.4 is 4.74 Å². The minimum absolute atomic E-state index is 0.0271. The summed E-state index contributed by atoms with van der Waals surface area (Å²) in [4.78, 5) is 14.3. The van der Waals surface area contributed by atoms with Crippen molar-refractivity contribution in [1.29, 1.82) is 0 Å². The number of hydrogen-bond acceptors (Lipinski definition) is 3. The second-order valence-corrected chi connectivity index (χ2v) is 7.99. The van der Waals surface area contributed by atoms with Crippen LogP contribution in [0.1, 0.15) is 21.5 Å². The van der Waals surface area contributed by atoms with Gasteiger partial charge in [0.05, 0.1) is 4.91 Å². The average molecular weight is 413 g/mol. The minimum atomic E-state index is 0.0271. The van der Waals surface area contributed by atoms with Gasteiger partial charge in [-0.15, -0.1) is 0 Å². The molecule has 0 spiro atoms. The van der Waals surface area contributed by atoms with Crippen LogP contribution in [0.15, 0.2) is 76.5 Å². The third-order valence-corrected chi connectivity index (χ3v) is 5.73. The van der Waals surface area contributed by atoms with E-state index in [1.807, 2.05) is 66.7 Å². The molecule has 0 saturated carbocycles. The molecule has 0 aromatic heterocycles. The molecule has 0 atom stereocenters. The first-order chi connectivity index (χ1) is 13.1. The molecule has 0 fully saturated rings. The van der Waals surface area contributed by atoms with Crippen LogP contribution in [0.3, 0.4) is 0 Å². The van der Waals surface area contributed by atoms with E-state index >= 15 is 0 Å². The van der Waals surface area contributed by atoms with Crippen molar-refractivity contribution in [3.05, 3.63) is 98.4 Å². The van der Waals surface area contributed by atoms with Gasteiger partial charge in [-0.3, -0.25) is 4.79 Å². The Labute approximate surface area is 171 Å². The van der Waals surface area contributed by atoms with Crippen LogP contribution in [0.25, 0.3) is 6.08 Å². The van der Waals surface area contributed by atoms with Gasteiger partial charge in [0.2, 0.25) is 5.78 Å². The van der Waals surface area contributed by atoms with E-state index in [2.05, 4.69) is 0 Å². The Bertz CT molecular complexity index is 1040. The molecule has 0 unspecified atom stereocenters. The summed E-state index contributed by atoms with van der Waals surface area (Å²) in [5, 5.41) is 1.28. The van der Waals surface area contributed by atoms with Crippen LogP contribution in [0, 0.1) is 0 Å². The molecule has 4 rings (SSSR count). The van der Waals surface area contributed by atoms with Crippen molar-refractivity contribution in [2.24, 2.45) is 0 Å². The maximum atomic E-state index is 12.6. The Kier molecular flexibility index (Phi) is 5.26. The van der Waals surface area contributed by atoms with Gasteiger partial charge in [-0.1, -0.05) is 59.2 Å². The van der Waals surface area contributed by atoms with Crippen molar-refractivity contribution >= 4 is 46.8 Å². The third kappa shape index (κ3) is 4.06. The zero-order valence-electron chi connectivity index (χ0n) is 14.1. The van der Waals surface area contributed by atoms with E-state index in [-0.39, 0.29) is 5.78 Å². The lowest BCUT2D eigenvalue weighted by molar-refractivity contribution is 0.104. The van der Waals surface area contributed by atoms with Crippen LogP contribution in [0.4, 0.5) is 0 Å². The van der Waals surface area contributed by atoms with Crippen molar-refractivity contribution in [3.8, 4) is 5.75 Å². The Hall–Kier alpha value is -2.20. The molecule has 5 heteroatoms. The number of allylic oxidation sites excluding steroid dienone is 1. The van der Waals surface area contributed by atoms with Crippen LogP contribution in [-0.4, -0.2) is 5.78 Å². The molecule has 3 aromatic rings. The van der Waals surface area contributed by atoms with Crippen LogP contribution in [0.5, 0.6) is 5.75 Å². The quantitative estimate of drug-likeness (QED) is 0.435. The lowest BCUT2D eigenvalue weighted by Gasteiger charge is -2.10. The fraction of sp³-hybridized carbons (Fsp3) is 0.0455. The van der Waals surface area contributed by atoms with E-state index in [0.717, 1.165) is 21.6 Å². The largest absolute Gasteiger partial charge is 0.488 e. The highest BCUT2D eigenvalue weighted by atomic mass is 35.5. The smallest absolute Gasteiger partial charge is 0.200 e. The van der Waals surface area contributed by atoms with E-state index < -0.39 is 0 Å². The summed E-state index contributed by atoms with van der Waals surface area (Å²) < 4.78 is 5.97. The molecule has 1 aliphatic rings. The molecule has 0 radical (unpaired) electrons. The zero-order valence-corrected chi connectivity index (χ0v) is 16.4. The van der Waals surface area contributed by atoms with E-state index in [1.54, 1.807) is 6.07 Å². The summed E-state index contributed by atoms with van der Waals surface area (Å²) >= 11 is 13.6. The highest BCUT2D eigenvalue weighted by molar-refractivity contribution is 8.04. The number of rotatable bonds is 4. The van der Waals surface area contributed by atoms with Crippen LogP contribution >= 0.6 is 35.0 Å². The average Bonchev–Trinajstić information content (AvgIpc) is 2.98. The van der Waals surface area contributed by atoms with Gasteiger partial charge in [0.25, 0.3) is 0 Å². The van der Waals surface area contributed by atoms with Crippen LogP contribution in [0.2, 0.25) is 10.0 Å². The predicted octanol–water partition coefficient (Wildman–Crippen LogP) is 6.90. The number of ether oxygens (including phenoxy) is 1. The van der Waals surface area contributed by atoms with Crippen molar-refractivity contribution < 1.29 is 9.53 Å². The molecule has 1 aliphatic heterocycles. The number of hydrogen-bond donors (Lipinski definition) is 0. The SMILES string of the molecule is O=C1/C(=C/c2cc(Cl)ccc2OCc2ccc(Cl)cc2)Sc2ccccc21. The second-order valence-electron chi connectivity index (χ2n) is 6.03. The molecule has 0 amide bonds. The van der Waals surface area contributed by atoms with E-state index in [4.69, 9.17) is 27.9 Å². The van der Waals surface area contributed by atoms with Gasteiger partial charge in [-0.25, -0.2) is 0 Å².